The second kappa shape index (κ2) is 68.2. The van der Waals surface area contributed by atoms with E-state index in [-0.39, 0.29) is 25.7 Å². The number of rotatable bonds is 75. The molecule has 94 heavy (non-hydrogen) atoms. The Morgan fingerprint density at radius 1 is 0.287 bits per heavy atom. The molecule has 0 aliphatic carbocycles. The lowest BCUT2D eigenvalue weighted by molar-refractivity contribution is -0.161. The Labute approximate surface area is 575 Å². The lowest BCUT2D eigenvalue weighted by Gasteiger charge is -2.21. The van der Waals surface area contributed by atoms with E-state index in [1.165, 1.54) is 218 Å². The van der Waals surface area contributed by atoms with Crippen molar-refractivity contribution in [2.24, 2.45) is 5.92 Å². The van der Waals surface area contributed by atoms with Gasteiger partial charge in [0.05, 0.1) is 26.4 Å². The quantitative estimate of drug-likeness (QED) is 0.0222. The number of ether oxygens (including phenoxy) is 4. The minimum Gasteiger partial charge on any atom is -0.462 e. The van der Waals surface area contributed by atoms with Crippen molar-refractivity contribution < 1.29 is 80.2 Å². The van der Waals surface area contributed by atoms with Gasteiger partial charge in [-0.15, -0.1) is 0 Å². The zero-order valence-corrected chi connectivity index (χ0v) is 62.9. The summed E-state index contributed by atoms with van der Waals surface area (Å²) in [6, 6.07) is 0. The van der Waals surface area contributed by atoms with E-state index in [4.69, 9.17) is 37.0 Å². The number of esters is 4. The average Bonchev–Trinajstić information content (AvgIpc) is 1.43. The van der Waals surface area contributed by atoms with Crippen LogP contribution in [0.15, 0.2) is 0 Å². The summed E-state index contributed by atoms with van der Waals surface area (Å²) in [5.41, 5.74) is 0. The number of hydrogen-bond acceptors (Lipinski definition) is 15. The molecule has 17 nitrogen and oxygen atoms in total. The molecule has 0 aliphatic rings. The Kier molecular flexibility index (Phi) is 66.8. The van der Waals surface area contributed by atoms with Gasteiger partial charge in [-0.3, -0.25) is 37.3 Å². The van der Waals surface area contributed by atoms with E-state index >= 15 is 0 Å². The molecule has 0 spiro atoms. The van der Waals surface area contributed by atoms with Gasteiger partial charge in [-0.05, 0) is 31.6 Å². The van der Waals surface area contributed by atoms with E-state index in [0.717, 1.165) is 95.8 Å². The maximum absolute atomic E-state index is 13.1. The normalized spacial score (nSPS) is 14.0. The van der Waals surface area contributed by atoms with Crippen LogP contribution in [0.4, 0.5) is 0 Å². The van der Waals surface area contributed by atoms with Crippen LogP contribution in [0.5, 0.6) is 0 Å². The second-order valence-electron chi connectivity index (χ2n) is 27.5. The fourth-order valence-electron chi connectivity index (χ4n) is 11.5. The number of phosphoric ester groups is 2. The molecule has 0 rings (SSSR count). The summed E-state index contributed by atoms with van der Waals surface area (Å²) in [6.45, 7) is 7.31. The number of aliphatic hydroxyl groups excluding tert-OH is 1. The van der Waals surface area contributed by atoms with Gasteiger partial charge in [0.1, 0.15) is 19.3 Å². The highest BCUT2D eigenvalue weighted by Crippen LogP contribution is 2.45. The highest BCUT2D eigenvalue weighted by molar-refractivity contribution is 7.47. The predicted molar refractivity (Wildman–Crippen MR) is 382 cm³/mol. The molecule has 0 aromatic rings. The van der Waals surface area contributed by atoms with Crippen molar-refractivity contribution in [3.63, 3.8) is 0 Å². The number of phosphoric acid groups is 2. The Morgan fingerprint density at radius 2 is 0.489 bits per heavy atom. The molecule has 0 aromatic heterocycles. The molecule has 0 amide bonds. The van der Waals surface area contributed by atoms with Gasteiger partial charge in [0.25, 0.3) is 0 Å². The average molecular weight is 1380 g/mol. The largest absolute Gasteiger partial charge is 0.472 e. The lowest BCUT2D eigenvalue weighted by Crippen LogP contribution is -2.30. The molecule has 0 radical (unpaired) electrons. The van der Waals surface area contributed by atoms with Crippen molar-refractivity contribution in [1.29, 1.82) is 0 Å². The van der Waals surface area contributed by atoms with Crippen LogP contribution in [0.3, 0.4) is 0 Å². The van der Waals surface area contributed by atoms with Crippen molar-refractivity contribution >= 4 is 39.5 Å². The molecule has 3 N–H and O–H groups in total. The Balaban J connectivity index is 5.26. The van der Waals surface area contributed by atoms with E-state index in [0.29, 0.717) is 25.7 Å². The van der Waals surface area contributed by atoms with Crippen LogP contribution in [0.1, 0.15) is 394 Å². The summed E-state index contributed by atoms with van der Waals surface area (Å²) >= 11 is 0. The first-order chi connectivity index (χ1) is 45.5. The van der Waals surface area contributed by atoms with Gasteiger partial charge in [-0.25, -0.2) is 9.13 Å². The first-order valence-corrected chi connectivity index (χ1v) is 42.1. The molecule has 558 valence electrons. The maximum Gasteiger partial charge on any atom is 0.472 e. The minimum absolute atomic E-state index is 0.108. The molecule has 0 saturated carbocycles. The van der Waals surface area contributed by atoms with Gasteiger partial charge < -0.3 is 33.8 Å². The zero-order chi connectivity index (χ0) is 69.1. The molecule has 0 aliphatic heterocycles. The highest BCUT2D eigenvalue weighted by Gasteiger charge is 2.30. The molecular weight excluding hydrogens is 1230 g/mol. The van der Waals surface area contributed by atoms with Crippen molar-refractivity contribution in [3.05, 3.63) is 0 Å². The van der Waals surface area contributed by atoms with Crippen LogP contribution in [-0.4, -0.2) is 96.7 Å². The molecule has 19 heteroatoms. The summed E-state index contributed by atoms with van der Waals surface area (Å²) < 4.78 is 68.5. The summed E-state index contributed by atoms with van der Waals surface area (Å²) in [4.78, 5) is 72.8. The fourth-order valence-corrected chi connectivity index (χ4v) is 13.1. The van der Waals surface area contributed by atoms with Gasteiger partial charge >= 0.3 is 39.5 Å². The summed E-state index contributed by atoms with van der Waals surface area (Å²) in [5, 5.41) is 10.6. The van der Waals surface area contributed by atoms with Crippen molar-refractivity contribution in [2.75, 3.05) is 39.6 Å². The molecule has 0 heterocycles. The molecule has 0 saturated heterocycles. The van der Waals surface area contributed by atoms with E-state index in [9.17, 15) is 43.2 Å². The van der Waals surface area contributed by atoms with E-state index in [1.807, 2.05) is 0 Å². The van der Waals surface area contributed by atoms with Gasteiger partial charge in [-0.2, -0.15) is 0 Å². The molecule has 5 atom stereocenters. The first kappa shape index (κ1) is 92.1. The molecule has 0 aromatic carbocycles. The van der Waals surface area contributed by atoms with Crippen LogP contribution in [0.2, 0.25) is 0 Å². The summed E-state index contributed by atoms with van der Waals surface area (Å²) in [5.74, 6) is -1.32. The first-order valence-electron chi connectivity index (χ1n) is 39.1. The topological polar surface area (TPSA) is 237 Å². The summed E-state index contributed by atoms with van der Waals surface area (Å²) in [7, 11) is -9.91. The zero-order valence-electron chi connectivity index (χ0n) is 61.1. The van der Waals surface area contributed by atoms with E-state index in [2.05, 4.69) is 34.6 Å². The van der Waals surface area contributed by atoms with Crippen molar-refractivity contribution in [2.45, 2.75) is 412 Å². The maximum atomic E-state index is 13.1. The number of carbonyl (C=O) groups is 4. The fraction of sp³-hybridized carbons (Fsp3) is 0.947. The van der Waals surface area contributed by atoms with Crippen LogP contribution >= 0.6 is 15.6 Å². The Morgan fingerprint density at radius 3 is 0.723 bits per heavy atom. The Hall–Kier alpha value is -1.94. The number of carbonyl (C=O) groups excluding carboxylic acids is 4. The molecule has 0 fully saturated rings. The number of hydrogen-bond donors (Lipinski definition) is 3. The third-order valence-corrected chi connectivity index (χ3v) is 19.4. The minimum atomic E-state index is -4.96. The third kappa shape index (κ3) is 68.6. The predicted octanol–water partition coefficient (Wildman–Crippen LogP) is 22.1. The molecular formula is C75H146O17P2. The highest BCUT2D eigenvalue weighted by atomic mass is 31.2. The lowest BCUT2D eigenvalue weighted by atomic mass is 10.0. The van der Waals surface area contributed by atoms with E-state index in [1.54, 1.807) is 0 Å². The molecule has 2 unspecified atom stereocenters. The van der Waals surface area contributed by atoms with Crippen LogP contribution < -0.4 is 0 Å². The van der Waals surface area contributed by atoms with Crippen LogP contribution in [0.25, 0.3) is 0 Å². The van der Waals surface area contributed by atoms with E-state index < -0.39 is 97.5 Å². The van der Waals surface area contributed by atoms with Gasteiger partial charge in [0, 0.05) is 25.7 Å². The summed E-state index contributed by atoms with van der Waals surface area (Å²) in [6.07, 6.45) is 56.6. The van der Waals surface area contributed by atoms with Crippen molar-refractivity contribution in [3.8, 4) is 0 Å². The monoisotopic (exact) mass is 1380 g/mol. The number of unbranched alkanes of at least 4 members (excludes halogenated alkanes) is 47. The van der Waals surface area contributed by atoms with Crippen molar-refractivity contribution in [1.82, 2.24) is 0 Å². The standard InChI is InChI=1S/C75H146O17P2/c1-6-9-12-15-18-21-24-28-34-39-44-49-54-59-73(78)86-65-71(92-75(80)61-56-51-46-41-36-31-27-30-32-37-42-47-52-57-68(4)5)67-90-94(83,84)88-63-69(76)62-87-93(81,82)89-66-70(64-85-72(77)58-53-48-43-38-33-26-23-20-17-14-11-8-3)91-74(79)60-55-50-45-40-35-29-25-22-19-16-13-10-7-2/h68-71,76H,6-67H2,1-5H3,(H,81,82)(H,83,84)/t69-,70+,71+/m0/s1. The van der Waals surface area contributed by atoms with Crippen LogP contribution in [0, 0.1) is 5.92 Å². The van der Waals surface area contributed by atoms with Gasteiger partial charge in [0.15, 0.2) is 12.2 Å². The van der Waals surface area contributed by atoms with Crippen LogP contribution in [-0.2, 0) is 65.4 Å². The molecule has 0 bridgehead atoms. The van der Waals surface area contributed by atoms with Gasteiger partial charge in [-0.1, -0.05) is 343 Å². The Bertz CT molecular complexity index is 1810. The number of aliphatic hydroxyl groups is 1. The van der Waals surface area contributed by atoms with Gasteiger partial charge in [0.2, 0.25) is 0 Å². The smallest absolute Gasteiger partial charge is 0.462 e. The second-order valence-corrected chi connectivity index (χ2v) is 30.4. The third-order valence-electron chi connectivity index (χ3n) is 17.5. The SMILES string of the molecule is CCCCCCCCCCCCCCCC(=O)OC[C@H](COP(=O)(O)OC[C@@H](O)COP(=O)(O)OC[C@@H](COC(=O)CCCCCCCCCCCCCC)OC(=O)CCCCCCCCCCCCCCC)OC(=O)CCCCCCCCCCCCCCCC(C)C.